The number of carbonyl (C=O) groups excluding carboxylic acids is 1. The van der Waals surface area contributed by atoms with E-state index < -0.39 is 0 Å². The third-order valence-electron chi connectivity index (χ3n) is 3.46. The van der Waals surface area contributed by atoms with E-state index in [4.69, 9.17) is 0 Å². The van der Waals surface area contributed by atoms with Gasteiger partial charge < -0.3 is 10.6 Å². The summed E-state index contributed by atoms with van der Waals surface area (Å²) in [6.07, 6.45) is 1.64. The molecular formula is C19H16BrN3O. The lowest BCUT2D eigenvalue weighted by Crippen LogP contribution is -2.12. The van der Waals surface area contributed by atoms with Gasteiger partial charge in [-0.25, -0.2) is 4.98 Å². The van der Waals surface area contributed by atoms with E-state index in [1.54, 1.807) is 12.3 Å². The summed E-state index contributed by atoms with van der Waals surface area (Å²) < 4.78 is 0.761. The molecule has 2 aromatic carbocycles. The zero-order valence-electron chi connectivity index (χ0n) is 12.9. The topological polar surface area (TPSA) is 54.0 Å². The molecule has 0 radical (unpaired) electrons. The highest BCUT2D eigenvalue weighted by Crippen LogP contribution is 2.18. The molecule has 0 atom stereocenters. The van der Waals surface area contributed by atoms with Gasteiger partial charge >= 0.3 is 0 Å². The largest absolute Gasteiger partial charge is 0.366 e. The van der Waals surface area contributed by atoms with E-state index in [1.165, 1.54) is 5.56 Å². The highest BCUT2D eigenvalue weighted by atomic mass is 79.9. The molecule has 2 N–H and O–H groups in total. The van der Waals surface area contributed by atoms with E-state index in [9.17, 15) is 4.79 Å². The molecule has 1 aromatic heterocycles. The maximum absolute atomic E-state index is 12.2. The van der Waals surface area contributed by atoms with Crippen LogP contribution < -0.4 is 10.6 Å². The van der Waals surface area contributed by atoms with Crippen LogP contribution in [-0.4, -0.2) is 10.9 Å². The number of halogens is 1. The van der Waals surface area contributed by atoms with E-state index >= 15 is 0 Å². The Bertz CT molecular complexity index is 820. The third-order valence-corrected chi connectivity index (χ3v) is 4.15. The molecule has 4 nitrogen and oxygen atoms in total. The summed E-state index contributed by atoms with van der Waals surface area (Å²) in [4.78, 5) is 16.6. The predicted molar refractivity (Wildman–Crippen MR) is 100 cm³/mol. The van der Waals surface area contributed by atoms with Gasteiger partial charge in [-0.3, -0.25) is 4.79 Å². The lowest BCUT2D eigenvalue weighted by atomic mass is 10.2. The molecule has 0 aliphatic carbocycles. The van der Waals surface area contributed by atoms with Gasteiger partial charge in [0.25, 0.3) is 5.91 Å². The van der Waals surface area contributed by atoms with Crippen molar-refractivity contribution in [1.82, 2.24) is 4.98 Å². The van der Waals surface area contributed by atoms with E-state index in [0.717, 1.165) is 10.3 Å². The van der Waals surface area contributed by atoms with E-state index in [1.807, 2.05) is 48.5 Å². The highest BCUT2D eigenvalue weighted by Gasteiger charge is 2.09. The normalized spacial score (nSPS) is 10.2. The molecule has 0 saturated heterocycles. The Morgan fingerprint density at radius 2 is 1.71 bits per heavy atom. The van der Waals surface area contributed by atoms with E-state index in [2.05, 4.69) is 43.7 Å². The molecule has 3 aromatic rings. The summed E-state index contributed by atoms with van der Waals surface area (Å²) in [5.74, 6) is 0.590. The second-order valence-corrected chi connectivity index (χ2v) is 6.06. The van der Waals surface area contributed by atoms with Gasteiger partial charge in [0.05, 0.1) is 17.4 Å². The number of benzene rings is 2. The Balaban J connectivity index is 1.60. The molecule has 0 bridgehead atoms. The van der Waals surface area contributed by atoms with Crippen molar-refractivity contribution in [2.24, 2.45) is 0 Å². The van der Waals surface area contributed by atoms with Crippen molar-refractivity contribution < 1.29 is 4.79 Å². The van der Waals surface area contributed by atoms with Crippen molar-refractivity contribution in [3.8, 4) is 0 Å². The number of anilines is 2. The minimum atomic E-state index is -0.172. The van der Waals surface area contributed by atoms with Crippen molar-refractivity contribution in [3.63, 3.8) is 0 Å². The number of pyridine rings is 1. The molecule has 5 heteroatoms. The molecule has 0 unspecified atom stereocenters. The van der Waals surface area contributed by atoms with Gasteiger partial charge in [0.15, 0.2) is 0 Å². The van der Waals surface area contributed by atoms with E-state index in [-0.39, 0.29) is 5.91 Å². The Hall–Kier alpha value is -2.66. The molecule has 0 fully saturated rings. The number of aromatic nitrogens is 1. The smallest absolute Gasteiger partial charge is 0.256 e. The SMILES string of the molecule is O=C(Nc1ccc(NCc2ccccc2)nc1)c1ccccc1Br. The standard InChI is InChI=1S/C19H16BrN3O/c20-17-9-5-4-8-16(17)19(24)23-15-10-11-18(22-13-15)21-12-14-6-2-1-3-7-14/h1-11,13H,12H2,(H,21,22)(H,23,24). The quantitative estimate of drug-likeness (QED) is 0.672. The molecule has 0 spiro atoms. The van der Waals surface area contributed by atoms with Gasteiger partial charge in [0.2, 0.25) is 0 Å². The average Bonchev–Trinajstić information content (AvgIpc) is 2.62. The predicted octanol–water partition coefficient (Wildman–Crippen LogP) is 4.71. The molecule has 0 aliphatic heterocycles. The molecular weight excluding hydrogens is 366 g/mol. The van der Waals surface area contributed by atoms with Crippen LogP contribution in [0.25, 0.3) is 0 Å². The van der Waals surface area contributed by atoms with Gasteiger partial charge in [-0.05, 0) is 45.8 Å². The number of nitrogens with zero attached hydrogens (tertiary/aromatic N) is 1. The fraction of sp³-hybridized carbons (Fsp3) is 0.0526. The van der Waals surface area contributed by atoms with Crippen LogP contribution in [0, 0.1) is 0 Å². The lowest BCUT2D eigenvalue weighted by Gasteiger charge is -2.09. The maximum atomic E-state index is 12.2. The number of hydrogen-bond acceptors (Lipinski definition) is 3. The number of rotatable bonds is 5. The molecule has 0 saturated carbocycles. The van der Waals surface area contributed by atoms with Crippen LogP contribution in [0.3, 0.4) is 0 Å². The fourth-order valence-corrected chi connectivity index (χ4v) is 2.67. The maximum Gasteiger partial charge on any atom is 0.256 e. The minimum Gasteiger partial charge on any atom is -0.366 e. The van der Waals surface area contributed by atoms with E-state index in [0.29, 0.717) is 17.8 Å². The van der Waals surface area contributed by atoms with Crippen molar-refractivity contribution in [1.29, 1.82) is 0 Å². The van der Waals surface area contributed by atoms with Crippen LogP contribution in [0.2, 0.25) is 0 Å². The molecule has 120 valence electrons. The van der Waals surface area contributed by atoms with Gasteiger partial charge in [-0.2, -0.15) is 0 Å². The van der Waals surface area contributed by atoms with Gasteiger partial charge in [0, 0.05) is 11.0 Å². The summed E-state index contributed by atoms with van der Waals surface area (Å²) in [6.45, 7) is 0.705. The summed E-state index contributed by atoms with van der Waals surface area (Å²) in [7, 11) is 0. The zero-order chi connectivity index (χ0) is 16.8. The Morgan fingerprint density at radius 1 is 0.958 bits per heavy atom. The highest BCUT2D eigenvalue weighted by molar-refractivity contribution is 9.10. The van der Waals surface area contributed by atoms with Crippen LogP contribution in [0.4, 0.5) is 11.5 Å². The number of nitrogens with one attached hydrogen (secondary N) is 2. The first-order valence-electron chi connectivity index (χ1n) is 7.52. The van der Waals surface area contributed by atoms with Gasteiger partial charge in [-0.1, -0.05) is 42.5 Å². The number of amides is 1. The van der Waals surface area contributed by atoms with Gasteiger partial charge in [0.1, 0.15) is 5.82 Å². The van der Waals surface area contributed by atoms with Crippen molar-refractivity contribution in [2.75, 3.05) is 10.6 Å². The zero-order valence-corrected chi connectivity index (χ0v) is 14.5. The molecule has 3 rings (SSSR count). The number of carbonyl (C=O) groups is 1. The summed E-state index contributed by atoms with van der Waals surface area (Å²) >= 11 is 3.38. The lowest BCUT2D eigenvalue weighted by molar-refractivity contribution is 0.102. The van der Waals surface area contributed by atoms with Crippen LogP contribution in [0.15, 0.2) is 77.4 Å². The van der Waals surface area contributed by atoms with Crippen molar-refractivity contribution >= 4 is 33.3 Å². The number of hydrogen-bond donors (Lipinski definition) is 2. The average molecular weight is 382 g/mol. The third kappa shape index (κ3) is 4.20. The van der Waals surface area contributed by atoms with Crippen LogP contribution in [0.5, 0.6) is 0 Å². The summed E-state index contributed by atoms with van der Waals surface area (Å²) in [6, 6.07) is 21.1. The monoisotopic (exact) mass is 381 g/mol. The molecule has 24 heavy (non-hydrogen) atoms. The van der Waals surface area contributed by atoms with Crippen molar-refractivity contribution in [2.45, 2.75) is 6.54 Å². The van der Waals surface area contributed by atoms with Gasteiger partial charge in [-0.15, -0.1) is 0 Å². The molecule has 0 aliphatic rings. The first-order valence-corrected chi connectivity index (χ1v) is 8.31. The minimum absolute atomic E-state index is 0.172. The first-order chi connectivity index (χ1) is 11.7. The summed E-state index contributed by atoms with van der Waals surface area (Å²) in [5.41, 5.74) is 2.43. The van der Waals surface area contributed by atoms with Crippen molar-refractivity contribution in [3.05, 3.63) is 88.5 Å². The second kappa shape index (κ2) is 7.75. The fourth-order valence-electron chi connectivity index (χ4n) is 2.20. The summed E-state index contributed by atoms with van der Waals surface area (Å²) in [5, 5.41) is 6.09. The molecule has 1 heterocycles. The Morgan fingerprint density at radius 3 is 2.42 bits per heavy atom. The van der Waals surface area contributed by atoms with Crippen LogP contribution >= 0.6 is 15.9 Å². The molecule has 1 amide bonds. The van der Waals surface area contributed by atoms with Crippen LogP contribution in [-0.2, 0) is 6.54 Å². The second-order valence-electron chi connectivity index (χ2n) is 5.21. The Labute approximate surface area is 149 Å². The first kappa shape index (κ1) is 16.2. The van der Waals surface area contributed by atoms with Crippen LogP contribution in [0.1, 0.15) is 15.9 Å². The Kier molecular flexibility index (Phi) is 5.23.